The van der Waals surface area contributed by atoms with Crippen LogP contribution in [-0.2, 0) is 0 Å². The average molecular weight is 235 g/mol. The van der Waals surface area contributed by atoms with Crippen LogP contribution in [-0.4, -0.2) is 12.9 Å². The summed E-state index contributed by atoms with van der Waals surface area (Å²) >= 11 is 4.63. The zero-order valence-corrected chi connectivity index (χ0v) is 8.25. The lowest BCUT2D eigenvalue weighted by atomic mass is 10.4. The van der Waals surface area contributed by atoms with Gasteiger partial charge in [0.25, 0.3) is 0 Å². The van der Waals surface area contributed by atoms with E-state index in [4.69, 9.17) is 15.9 Å². The Morgan fingerprint density at radius 2 is 2.45 bits per heavy atom. The van der Waals surface area contributed by atoms with Crippen molar-refractivity contribution in [3.8, 4) is 5.06 Å². The van der Waals surface area contributed by atoms with E-state index in [1.54, 1.807) is 13.2 Å². The van der Waals surface area contributed by atoms with Crippen LogP contribution in [0.5, 0.6) is 5.06 Å². The number of hydrogen-bond donors (Lipinski definition) is 2. The molecule has 0 aliphatic heterocycles. The minimum Gasteiger partial charge on any atom is -0.486 e. The third-order valence-corrected chi connectivity index (χ3v) is 3.09. The molecule has 0 spiro atoms. The molecular formula is C6H7BrN2OS. The van der Waals surface area contributed by atoms with E-state index in [0.717, 1.165) is 9.54 Å². The zero-order chi connectivity index (χ0) is 8.43. The molecule has 0 saturated carbocycles. The van der Waals surface area contributed by atoms with Gasteiger partial charge in [-0.25, -0.2) is 0 Å². The Bertz CT molecular complexity index is 284. The summed E-state index contributed by atoms with van der Waals surface area (Å²) in [6.45, 7) is 0. The van der Waals surface area contributed by atoms with E-state index < -0.39 is 0 Å². The van der Waals surface area contributed by atoms with Gasteiger partial charge in [-0.05, 0) is 22.0 Å². The van der Waals surface area contributed by atoms with Gasteiger partial charge in [0, 0.05) is 0 Å². The Kier molecular flexibility index (Phi) is 2.51. The highest BCUT2D eigenvalue weighted by Gasteiger charge is 2.07. The summed E-state index contributed by atoms with van der Waals surface area (Å²) in [6.07, 6.45) is 0. The molecule has 0 aromatic carbocycles. The topological polar surface area (TPSA) is 59.1 Å². The molecule has 0 fully saturated rings. The van der Waals surface area contributed by atoms with Gasteiger partial charge in [-0.15, -0.1) is 0 Å². The Morgan fingerprint density at radius 1 is 1.82 bits per heavy atom. The molecule has 1 aromatic rings. The highest BCUT2D eigenvalue weighted by molar-refractivity contribution is 9.10. The highest BCUT2D eigenvalue weighted by Crippen LogP contribution is 2.34. The standard InChI is InChI=1S/C6H7BrN2OS/c1-10-6-3(7)2-4(11-6)5(8)9/h2H,1H3,(H3,8,9). The average Bonchev–Trinajstić information content (AvgIpc) is 2.31. The molecule has 0 bridgehead atoms. The fourth-order valence-corrected chi connectivity index (χ4v) is 2.14. The van der Waals surface area contributed by atoms with Crippen molar-refractivity contribution >= 4 is 33.1 Å². The van der Waals surface area contributed by atoms with E-state index in [0.29, 0.717) is 4.88 Å². The van der Waals surface area contributed by atoms with Crippen LogP contribution < -0.4 is 10.5 Å². The van der Waals surface area contributed by atoms with Crippen molar-refractivity contribution in [1.82, 2.24) is 0 Å². The fourth-order valence-electron chi connectivity index (χ4n) is 0.624. The molecule has 0 atom stereocenters. The third kappa shape index (κ3) is 1.72. The molecule has 0 aliphatic rings. The van der Waals surface area contributed by atoms with Crippen molar-refractivity contribution in [2.45, 2.75) is 0 Å². The maximum atomic E-state index is 7.13. The van der Waals surface area contributed by atoms with Gasteiger partial charge < -0.3 is 10.5 Å². The van der Waals surface area contributed by atoms with E-state index in [2.05, 4.69) is 15.9 Å². The second-order valence-corrected chi connectivity index (χ2v) is 3.73. The summed E-state index contributed by atoms with van der Waals surface area (Å²) in [4.78, 5) is 0.716. The van der Waals surface area contributed by atoms with Gasteiger partial charge in [0.05, 0.1) is 16.5 Å². The third-order valence-electron chi connectivity index (χ3n) is 1.11. The summed E-state index contributed by atoms with van der Waals surface area (Å²) < 4.78 is 5.84. The van der Waals surface area contributed by atoms with Gasteiger partial charge in [0.2, 0.25) is 0 Å². The van der Waals surface area contributed by atoms with E-state index in [9.17, 15) is 0 Å². The Balaban J connectivity index is 3.05. The van der Waals surface area contributed by atoms with Crippen molar-refractivity contribution in [3.05, 3.63) is 15.4 Å². The maximum absolute atomic E-state index is 7.13. The van der Waals surface area contributed by atoms with Gasteiger partial charge in [0.1, 0.15) is 5.84 Å². The molecule has 3 N–H and O–H groups in total. The van der Waals surface area contributed by atoms with Crippen LogP contribution in [0.15, 0.2) is 10.5 Å². The van der Waals surface area contributed by atoms with E-state index in [1.807, 2.05) is 0 Å². The first-order valence-corrected chi connectivity index (χ1v) is 4.44. The van der Waals surface area contributed by atoms with E-state index in [1.165, 1.54) is 11.3 Å². The summed E-state index contributed by atoms with van der Waals surface area (Å²) in [7, 11) is 1.58. The zero-order valence-electron chi connectivity index (χ0n) is 5.85. The first-order chi connectivity index (χ1) is 5.15. The van der Waals surface area contributed by atoms with Crippen molar-refractivity contribution < 1.29 is 4.74 Å². The second kappa shape index (κ2) is 3.23. The van der Waals surface area contributed by atoms with Crippen molar-refractivity contribution in [3.63, 3.8) is 0 Å². The van der Waals surface area contributed by atoms with Gasteiger partial charge in [-0.1, -0.05) is 11.3 Å². The molecule has 3 nitrogen and oxygen atoms in total. The summed E-state index contributed by atoms with van der Waals surface area (Å²) in [5.74, 6) is 0.0685. The number of nitrogens with two attached hydrogens (primary N) is 1. The quantitative estimate of drug-likeness (QED) is 0.606. The monoisotopic (exact) mass is 234 g/mol. The van der Waals surface area contributed by atoms with Crippen LogP contribution in [0.4, 0.5) is 0 Å². The van der Waals surface area contributed by atoms with Crippen LogP contribution in [0, 0.1) is 5.41 Å². The van der Waals surface area contributed by atoms with Crippen LogP contribution in [0.25, 0.3) is 0 Å². The largest absolute Gasteiger partial charge is 0.486 e. The lowest BCUT2D eigenvalue weighted by Crippen LogP contribution is -2.08. The minimum atomic E-state index is 0.0685. The number of halogens is 1. The maximum Gasteiger partial charge on any atom is 0.188 e. The van der Waals surface area contributed by atoms with Crippen LogP contribution in [0.2, 0.25) is 0 Å². The molecule has 1 heterocycles. The normalized spacial score (nSPS) is 9.64. The fraction of sp³-hybridized carbons (Fsp3) is 0.167. The number of methoxy groups -OCH3 is 1. The molecule has 5 heteroatoms. The van der Waals surface area contributed by atoms with Gasteiger partial charge in [0.15, 0.2) is 5.06 Å². The molecule has 0 amide bonds. The number of nitrogens with one attached hydrogen (secondary N) is 1. The van der Waals surface area contributed by atoms with Crippen molar-refractivity contribution in [2.24, 2.45) is 5.73 Å². The lowest BCUT2D eigenvalue weighted by molar-refractivity contribution is 0.425. The molecule has 60 valence electrons. The first kappa shape index (κ1) is 8.55. The Morgan fingerprint density at radius 3 is 2.73 bits per heavy atom. The second-order valence-electron chi connectivity index (χ2n) is 1.86. The number of nitrogen functional groups attached to an aromatic ring is 1. The van der Waals surface area contributed by atoms with Crippen LogP contribution in [0.1, 0.15) is 4.88 Å². The number of hydrogen-bond acceptors (Lipinski definition) is 3. The van der Waals surface area contributed by atoms with E-state index >= 15 is 0 Å². The predicted octanol–water partition coefficient (Wildman–Crippen LogP) is 1.80. The molecule has 0 saturated heterocycles. The summed E-state index contributed by atoms with van der Waals surface area (Å²) in [6, 6.07) is 1.77. The molecule has 11 heavy (non-hydrogen) atoms. The summed E-state index contributed by atoms with van der Waals surface area (Å²) in [5.41, 5.74) is 5.27. The number of amidine groups is 1. The van der Waals surface area contributed by atoms with Crippen molar-refractivity contribution in [2.75, 3.05) is 7.11 Å². The highest BCUT2D eigenvalue weighted by atomic mass is 79.9. The molecular weight excluding hydrogens is 228 g/mol. The Labute approximate surface area is 76.8 Å². The predicted molar refractivity (Wildman–Crippen MR) is 49.6 cm³/mol. The lowest BCUT2D eigenvalue weighted by Gasteiger charge is -1.91. The molecule has 1 rings (SSSR count). The molecule has 0 aliphatic carbocycles. The smallest absolute Gasteiger partial charge is 0.188 e. The molecule has 0 unspecified atom stereocenters. The number of ether oxygens (including phenoxy) is 1. The van der Waals surface area contributed by atoms with Crippen LogP contribution >= 0.6 is 27.3 Å². The van der Waals surface area contributed by atoms with Gasteiger partial charge in [-0.2, -0.15) is 0 Å². The molecule has 1 aromatic heterocycles. The van der Waals surface area contributed by atoms with Gasteiger partial charge >= 0.3 is 0 Å². The van der Waals surface area contributed by atoms with E-state index in [-0.39, 0.29) is 5.84 Å². The SMILES string of the molecule is COc1sc(C(=N)N)cc1Br. The van der Waals surface area contributed by atoms with Crippen molar-refractivity contribution in [1.29, 1.82) is 5.41 Å². The minimum absolute atomic E-state index is 0.0685. The van der Waals surface area contributed by atoms with Crippen LogP contribution in [0.3, 0.4) is 0 Å². The summed E-state index contributed by atoms with van der Waals surface area (Å²) in [5, 5.41) is 7.88. The van der Waals surface area contributed by atoms with Gasteiger partial charge in [-0.3, -0.25) is 5.41 Å². The first-order valence-electron chi connectivity index (χ1n) is 2.83. The number of thiophene rings is 1. The number of rotatable bonds is 2. The Hall–Kier alpha value is -0.550. The molecule has 0 radical (unpaired) electrons.